The molecule has 0 fully saturated rings. The molecule has 0 bridgehead atoms. The quantitative estimate of drug-likeness (QED) is 0.167. The smallest absolute Gasteiger partial charge is 0.269 e. The average Bonchev–Trinajstić information content (AvgIpc) is 3.16. The molecule has 0 radical (unpaired) electrons. The number of nitro groups is 1. The van der Waals surface area contributed by atoms with Gasteiger partial charge in [0.2, 0.25) is 0 Å². The zero-order chi connectivity index (χ0) is 23.7. The number of anilines is 1. The van der Waals surface area contributed by atoms with Gasteiger partial charge >= 0.3 is 0 Å². The summed E-state index contributed by atoms with van der Waals surface area (Å²) in [5.41, 5.74) is 9.98. The molecule has 1 aliphatic rings. The zero-order valence-corrected chi connectivity index (χ0v) is 19.0. The van der Waals surface area contributed by atoms with Crippen molar-refractivity contribution in [2.75, 3.05) is 19.0 Å². The van der Waals surface area contributed by atoms with Gasteiger partial charge in [0.15, 0.2) is 0 Å². The summed E-state index contributed by atoms with van der Waals surface area (Å²) in [4.78, 5) is 17.2. The lowest BCUT2D eigenvalue weighted by molar-refractivity contribution is -0.384. The number of non-ortho nitro benzene ring substituents is 1. The Balaban J connectivity index is 1.51. The molecule has 0 saturated carbocycles. The first-order valence-corrected chi connectivity index (χ1v) is 11.0. The third-order valence-corrected chi connectivity index (χ3v) is 5.99. The van der Waals surface area contributed by atoms with Gasteiger partial charge in [0.05, 0.1) is 10.6 Å². The van der Waals surface area contributed by atoms with E-state index in [9.17, 15) is 10.1 Å². The molecule has 166 valence electrons. The van der Waals surface area contributed by atoms with Crippen molar-refractivity contribution in [1.82, 2.24) is 0 Å². The van der Waals surface area contributed by atoms with Crippen molar-refractivity contribution in [2.24, 2.45) is 4.99 Å². The predicted molar refractivity (Wildman–Crippen MR) is 140 cm³/mol. The normalized spacial score (nSPS) is 13.2. The molecule has 0 atom stereocenters. The molecule has 0 N–H and O–H groups in total. The van der Waals surface area contributed by atoms with E-state index in [0.29, 0.717) is 0 Å². The molecule has 0 amide bonds. The van der Waals surface area contributed by atoms with Crippen LogP contribution in [0.4, 0.5) is 17.1 Å². The van der Waals surface area contributed by atoms with Crippen LogP contribution in [-0.2, 0) is 0 Å². The lowest BCUT2D eigenvalue weighted by Gasteiger charge is -2.12. The second-order valence-corrected chi connectivity index (χ2v) is 8.43. The molecule has 4 aromatic carbocycles. The Labute approximate surface area is 198 Å². The maximum atomic E-state index is 10.9. The Morgan fingerprint density at radius 1 is 0.765 bits per heavy atom. The first-order valence-electron chi connectivity index (χ1n) is 11.0. The lowest BCUT2D eigenvalue weighted by atomic mass is 10.0. The van der Waals surface area contributed by atoms with E-state index in [2.05, 4.69) is 76.6 Å². The van der Waals surface area contributed by atoms with E-state index in [1.807, 2.05) is 20.2 Å². The number of benzene rings is 4. The molecule has 0 aliphatic heterocycles. The van der Waals surface area contributed by atoms with E-state index in [0.717, 1.165) is 28.1 Å². The molecule has 0 heterocycles. The first kappa shape index (κ1) is 21.3. The lowest BCUT2D eigenvalue weighted by Crippen LogP contribution is -2.07. The van der Waals surface area contributed by atoms with Gasteiger partial charge in [-0.3, -0.25) is 15.1 Å². The molecular weight excluding hydrogens is 422 g/mol. The molecule has 5 rings (SSSR count). The predicted octanol–water partition coefficient (Wildman–Crippen LogP) is 6.98. The molecule has 5 nitrogen and oxygen atoms in total. The van der Waals surface area contributed by atoms with Crippen LogP contribution in [-0.4, -0.2) is 25.2 Å². The van der Waals surface area contributed by atoms with Crippen molar-refractivity contribution < 1.29 is 4.92 Å². The summed E-state index contributed by atoms with van der Waals surface area (Å²) in [5, 5.41) is 10.9. The molecular formula is C29H23N3O2. The number of fused-ring (bicyclic) bond motifs is 3. The van der Waals surface area contributed by atoms with Gasteiger partial charge in [0, 0.05) is 38.1 Å². The molecule has 34 heavy (non-hydrogen) atoms. The van der Waals surface area contributed by atoms with Crippen molar-refractivity contribution >= 4 is 34.9 Å². The fourth-order valence-electron chi connectivity index (χ4n) is 4.19. The highest BCUT2D eigenvalue weighted by Gasteiger charge is 2.23. The number of rotatable bonds is 5. The number of nitrogens with zero attached hydrogens (tertiary/aromatic N) is 3. The van der Waals surface area contributed by atoms with Gasteiger partial charge in [0.1, 0.15) is 0 Å². The van der Waals surface area contributed by atoms with Crippen molar-refractivity contribution in [2.45, 2.75) is 0 Å². The van der Waals surface area contributed by atoms with E-state index < -0.39 is 4.92 Å². The number of nitro benzene ring substituents is 1. The second-order valence-electron chi connectivity index (χ2n) is 8.43. The molecule has 0 aromatic heterocycles. The van der Waals surface area contributed by atoms with Crippen LogP contribution >= 0.6 is 0 Å². The van der Waals surface area contributed by atoms with Gasteiger partial charge in [0.25, 0.3) is 5.69 Å². The minimum atomic E-state index is -0.402. The van der Waals surface area contributed by atoms with Crippen LogP contribution in [0.15, 0.2) is 96.0 Å². The van der Waals surface area contributed by atoms with Gasteiger partial charge in [-0.15, -0.1) is 0 Å². The van der Waals surface area contributed by atoms with Crippen molar-refractivity contribution in [3.63, 3.8) is 0 Å². The van der Waals surface area contributed by atoms with Crippen LogP contribution in [0.5, 0.6) is 0 Å². The monoisotopic (exact) mass is 445 g/mol. The summed E-state index contributed by atoms with van der Waals surface area (Å²) in [6, 6.07) is 29.6. The van der Waals surface area contributed by atoms with Crippen LogP contribution in [0.1, 0.15) is 22.3 Å². The Morgan fingerprint density at radius 3 is 2.09 bits per heavy atom. The van der Waals surface area contributed by atoms with Gasteiger partial charge in [-0.05, 0) is 81.4 Å². The Morgan fingerprint density at radius 2 is 1.41 bits per heavy atom. The minimum absolute atomic E-state index is 0.0702. The SMILES string of the molecule is CN(C)c1ccc(C=C2c3ccccc3-c3ccc(N=Cc4ccc([N+](=O)[O-])cc4)cc32)cc1. The Hall–Kier alpha value is -4.51. The number of aliphatic imine (C=N–C) groups is 1. The highest BCUT2D eigenvalue weighted by molar-refractivity contribution is 6.07. The summed E-state index contributed by atoms with van der Waals surface area (Å²) >= 11 is 0. The highest BCUT2D eigenvalue weighted by Crippen LogP contribution is 2.46. The van der Waals surface area contributed by atoms with Crippen molar-refractivity contribution in [3.05, 3.63) is 123 Å². The van der Waals surface area contributed by atoms with Crippen LogP contribution in [0, 0.1) is 10.1 Å². The van der Waals surface area contributed by atoms with Crippen molar-refractivity contribution in [3.8, 4) is 11.1 Å². The van der Waals surface area contributed by atoms with E-state index in [1.165, 1.54) is 34.4 Å². The van der Waals surface area contributed by atoms with E-state index in [-0.39, 0.29) is 5.69 Å². The number of hydrogen-bond donors (Lipinski definition) is 0. The maximum Gasteiger partial charge on any atom is 0.269 e. The van der Waals surface area contributed by atoms with E-state index in [1.54, 1.807) is 18.3 Å². The molecule has 4 aromatic rings. The summed E-state index contributed by atoms with van der Waals surface area (Å²) < 4.78 is 0. The summed E-state index contributed by atoms with van der Waals surface area (Å²) in [5.74, 6) is 0. The largest absolute Gasteiger partial charge is 0.378 e. The molecule has 1 aliphatic carbocycles. The van der Waals surface area contributed by atoms with Gasteiger partial charge < -0.3 is 4.90 Å². The Kier molecular flexibility index (Phi) is 5.52. The molecule has 0 unspecified atom stereocenters. The van der Waals surface area contributed by atoms with Crippen molar-refractivity contribution in [1.29, 1.82) is 0 Å². The van der Waals surface area contributed by atoms with Gasteiger partial charge in [-0.2, -0.15) is 0 Å². The van der Waals surface area contributed by atoms with Crippen LogP contribution in [0.3, 0.4) is 0 Å². The third-order valence-electron chi connectivity index (χ3n) is 5.99. The fourth-order valence-corrected chi connectivity index (χ4v) is 4.19. The third kappa shape index (κ3) is 4.11. The van der Waals surface area contributed by atoms with Crippen LogP contribution in [0.2, 0.25) is 0 Å². The standard InChI is InChI=1S/C29H23N3O2/c1-31(2)23-12-7-20(8-13-23)17-28-26-6-4-3-5-25(26)27-16-11-22(18-29(27)28)30-19-21-9-14-24(15-10-21)32(33)34/h3-19H,1-2H3. The molecule has 0 spiro atoms. The Bertz CT molecular complexity index is 1430. The van der Waals surface area contributed by atoms with Gasteiger partial charge in [-0.25, -0.2) is 0 Å². The maximum absolute atomic E-state index is 10.9. The van der Waals surface area contributed by atoms with E-state index >= 15 is 0 Å². The van der Waals surface area contributed by atoms with Crippen LogP contribution in [0.25, 0.3) is 22.8 Å². The molecule has 0 saturated heterocycles. The van der Waals surface area contributed by atoms with E-state index in [4.69, 9.17) is 0 Å². The fraction of sp³-hybridized carbons (Fsp3) is 0.0690. The minimum Gasteiger partial charge on any atom is -0.378 e. The van der Waals surface area contributed by atoms with Crippen LogP contribution < -0.4 is 4.90 Å². The molecule has 5 heteroatoms. The summed E-state index contributed by atoms with van der Waals surface area (Å²) in [6.45, 7) is 0. The number of hydrogen-bond acceptors (Lipinski definition) is 4. The second kappa shape index (κ2) is 8.79. The zero-order valence-electron chi connectivity index (χ0n) is 19.0. The first-order chi connectivity index (χ1) is 16.5. The topological polar surface area (TPSA) is 58.7 Å². The highest BCUT2D eigenvalue weighted by atomic mass is 16.6. The average molecular weight is 446 g/mol. The summed E-state index contributed by atoms with van der Waals surface area (Å²) in [7, 11) is 4.07. The summed E-state index contributed by atoms with van der Waals surface area (Å²) in [6.07, 6.45) is 3.96. The van der Waals surface area contributed by atoms with Gasteiger partial charge in [-0.1, -0.05) is 42.5 Å².